The number of hydrogen-bond acceptors (Lipinski definition) is 4. The molecule has 2 aromatic rings. The first-order valence-electron chi connectivity index (χ1n) is 10.4. The van der Waals surface area contributed by atoms with Gasteiger partial charge in [0.1, 0.15) is 12.3 Å². The number of rotatable bonds is 8. The van der Waals surface area contributed by atoms with Gasteiger partial charge in [0, 0.05) is 0 Å². The van der Waals surface area contributed by atoms with Crippen LogP contribution in [0.2, 0.25) is 5.02 Å². The quantitative estimate of drug-likeness (QED) is 0.502. The van der Waals surface area contributed by atoms with Crippen molar-refractivity contribution in [3.05, 3.63) is 57.6 Å². The van der Waals surface area contributed by atoms with Crippen LogP contribution in [0.3, 0.4) is 0 Å². The van der Waals surface area contributed by atoms with Gasteiger partial charge in [0.15, 0.2) is 0 Å². The number of carbonyl (C=O) groups is 1. The molecule has 6 nitrogen and oxygen atoms in total. The number of amides is 1. The van der Waals surface area contributed by atoms with Gasteiger partial charge in [0.25, 0.3) is 0 Å². The molecule has 0 aliphatic heterocycles. The first-order valence-corrected chi connectivity index (χ1v) is 12.6. The summed E-state index contributed by atoms with van der Waals surface area (Å²) in [6.07, 6.45) is -3.97. The molecule has 0 bridgehead atoms. The van der Waals surface area contributed by atoms with E-state index in [0.717, 1.165) is 40.8 Å². The van der Waals surface area contributed by atoms with Crippen LogP contribution in [0.5, 0.6) is 5.75 Å². The molecule has 0 aromatic heterocycles. The van der Waals surface area contributed by atoms with Gasteiger partial charge >= 0.3 is 6.18 Å². The van der Waals surface area contributed by atoms with Crippen molar-refractivity contribution < 1.29 is 31.1 Å². The fourth-order valence-electron chi connectivity index (χ4n) is 3.59. The summed E-state index contributed by atoms with van der Waals surface area (Å²) in [5.74, 6) is 0.203. The molecule has 34 heavy (non-hydrogen) atoms. The van der Waals surface area contributed by atoms with E-state index in [4.69, 9.17) is 16.3 Å². The number of sulfonamides is 1. The zero-order valence-electron chi connectivity index (χ0n) is 19.7. The normalized spacial score (nSPS) is 13.0. The van der Waals surface area contributed by atoms with Gasteiger partial charge in [-0.2, -0.15) is 13.2 Å². The largest absolute Gasteiger partial charge is 0.496 e. The molecule has 11 heteroatoms. The molecule has 2 aromatic carbocycles. The Morgan fingerprint density at radius 2 is 1.76 bits per heavy atom. The molecule has 188 valence electrons. The second-order valence-electron chi connectivity index (χ2n) is 8.33. The minimum absolute atomic E-state index is 0.158. The highest BCUT2D eigenvalue weighted by molar-refractivity contribution is 7.92. The third-order valence-electron chi connectivity index (χ3n) is 5.32. The molecule has 0 aliphatic rings. The highest BCUT2D eigenvalue weighted by Gasteiger charge is 2.34. The Hall–Kier alpha value is -2.46. The lowest BCUT2D eigenvalue weighted by atomic mass is 9.93. The van der Waals surface area contributed by atoms with Crippen LogP contribution in [0.15, 0.2) is 30.3 Å². The van der Waals surface area contributed by atoms with Crippen molar-refractivity contribution in [2.45, 2.75) is 45.8 Å². The van der Waals surface area contributed by atoms with E-state index >= 15 is 0 Å². The molecule has 0 heterocycles. The molecule has 0 spiro atoms. The fourth-order valence-corrected chi connectivity index (χ4v) is 4.66. The molecule has 0 saturated carbocycles. The van der Waals surface area contributed by atoms with Gasteiger partial charge in [-0.3, -0.25) is 9.10 Å². The summed E-state index contributed by atoms with van der Waals surface area (Å²) >= 11 is 5.64. The summed E-state index contributed by atoms with van der Waals surface area (Å²) < 4.78 is 70.5. The maximum atomic E-state index is 13.3. The number of benzene rings is 2. The molecule has 1 N–H and O–H groups in total. The summed E-state index contributed by atoms with van der Waals surface area (Å²) in [7, 11) is -2.50. The average Bonchev–Trinajstić information content (AvgIpc) is 2.70. The number of hydrogen-bond donors (Lipinski definition) is 1. The van der Waals surface area contributed by atoms with Gasteiger partial charge in [-0.25, -0.2) is 8.42 Å². The van der Waals surface area contributed by atoms with E-state index in [0.29, 0.717) is 10.4 Å². The highest BCUT2D eigenvalue weighted by Crippen LogP contribution is 2.37. The van der Waals surface area contributed by atoms with Gasteiger partial charge in [-0.15, -0.1) is 0 Å². The van der Waals surface area contributed by atoms with Crippen LogP contribution in [0.4, 0.5) is 18.9 Å². The molecule has 0 unspecified atom stereocenters. The summed E-state index contributed by atoms with van der Waals surface area (Å²) in [4.78, 5) is 12.8. The SMILES string of the molecule is COc1cc(C)c([C@H](C)NC(=O)CN(c2ccc(Cl)c(C(F)(F)F)c2)S(C)(=O)=O)cc1C(C)C. The predicted octanol–water partition coefficient (Wildman–Crippen LogP) is 5.44. The number of ether oxygens (including phenoxy) is 1. The second kappa shape index (κ2) is 10.4. The van der Waals surface area contributed by atoms with E-state index < -0.39 is 45.3 Å². The zero-order chi connectivity index (χ0) is 26.0. The van der Waals surface area contributed by atoms with Crippen LogP contribution in [-0.4, -0.2) is 34.2 Å². The zero-order valence-corrected chi connectivity index (χ0v) is 21.3. The number of anilines is 1. The molecule has 1 amide bonds. The molecular formula is C23H28ClF3N2O4S. The summed E-state index contributed by atoms with van der Waals surface area (Å²) in [6, 6.07) is 5.98. The predicted molar refractivity (Wildman–Crippen MR) is 127 cm³/mol. The molecule has 0 aliphatic carbocycles. The maximum absolute atomic E-state index is 13.3. The monoisotopic (exact) mass is 520 g/mol. The lowest BCUT2D eigenvalue weighted by Crippen LogP contribution is -2.41. The number of nitrogens with one attached hydrogen (secondary N) is 1. The van der Waals surface area contributed by atoms with E-state index in [2.05, 4.69) is 5.32 Å². The van der Waals surface area contributed by atoms with Crippen LogP contribution in [0.1, 0.15) is 55.0 Å². The Morgan fingerprint density at radius 1 is 1.15 bits per heavy atom. The molecule has 0 fully saturated rings. The van der Waals surface area contributed by atoms with E-state index in [-0.39, 0.29) is 11.6 Å². The van der Waals surface area contributed by atoms with E-state index in [1.54, 1.807) is 14.0 Å². The van der Waals surface area contributed by atoms with E-state index in [1.807, 2.05) is 32.9 Å². The summed E-state index contributed by atoms with van der Waals surface area (Å²) in [5, 5.41) is 2.16. The second-order valence-corrected chi connectivity index (χ2v) is 10.6. The highest BCUT2D eigenvalue weighted by atomic mass is 35.5. The van der Waals surface area contributed by atoms with Gasteiger partial charge in [0.05, 0.1) is 35.7 Å². The summed E-state index contributed by atoms with van der Waals surface area (Å²) in [6.45, 7) is 6.91. The fraction of sp³-hybridized carbons (Fsp3) is 0.435. The Labute approximate surface area is 203 Å². The Kier molecular flexibility index (Phi) is 8.53. The Morgan fingerprint density at radius 3 is 2.26 bits per heavy atom. The van der Waals surface area contributed by atoms with E-state index in [1.165, 1.54) is 0 Å². The van der Waals surface area contributed by atoms with Crippen molar-refractivity contribution in [1.29, 1.82) is 0 Å². The molecule has 0 radical (unpaired) electrons. The number of alkyl halides is 3. The number of carbonyl (C=O) groups excluding carboxylic acids is 1. The Balaban J connectivity index is 2.33. The third-order valence-corrected chi connectivity index (χ3v) is 6.79. The minimum atomic E-state index is -4.78. The summed E-state index contributed by atoms with van der Waals surface area (Å²) in [5.41, 5.74) is 1.12. The van der Waals surface area contributed by atoms with Crippen molar-refractivity contribution in [3.8, 4) is 5.75 Å². The van der Waals surface area contributed by atoms with Crippen LogP contribution in [0.25, 0.3) is 0 Å². The van der Waals surface area contributed by atoms with Gasteiger partial charge in [-0.1, -0.05) is 25.4 Å². The van der Waals surface area contributed by atoms with Crippen molar-refractivity contribution in [2.75, 3.05) is 24.2 Å². The number of halogens is 4. The van der Waals surface area contributed by atoms with Crippen LogP contribution >= 0.6 is 11.6 Å². The van der Waals surface area contributed by atoms with Crippen LogP contribution in [0, 0.1) is 6.92 Å². The maximum Gasteiger partial charge on any atom is 0.417 e. The van der Waals surface area contributed by atoms with Crippen molar-refractivity contribution in [2.24, 2.45) is 0 Å². The van der Waals surface area contributed by atoms with Crippen molar-refractivity contribution in [1.82, 2.24) is 5.32 Å². The van der Waals surface area contributed by atoms with Gasteiger partial charge < -0.3 is 10.1 Å². The standard InChI is InChI=1S/C23H28ClF3N2O4S/c1-13(2)17-11-18(14(3)9-21(17)33-5)15(4)28-22(30)12-29(34(6,31)32)16-7-8-20(24)19(10-16)23(25,26)27/h7-11,13,15H,12H2,1-6H3,(H,28,30)/t15-/m0/s1. The lowest BCUT2D eigenvalue weighted by molar-refractivity contribution is -0.137. The van der Waals surface area contributed by atoms with Crippen LogP contribution < -0.4 is 14.4 Å². The van der Waals surface area contributed by atoms with Gasteiger partial charge in [-0.05, 0) is 66.8 Å². The Bertz CT molecular complexity index is 1170. The average molecular weight is 521 g/mol. The molecule has 0 saturated heterocycles. The number of nitrogens with zero attached hydrogens (tertiary/aromatic N) is 1. The topological polar surface area (TPSA) is 75.7 Å². The molecule has 1 atom stereocenters. The number of aryl methyl sites for hydroxylation is 1. The van der Waals surface area contributed by atoms with Crippen LogP contribution in [-0.2, 0) is 21.0 Å². The smallest absolute Gasteiger partial charge is 0.417 e. The van der Waals surface area contributed by atoms with Gasteiger partial charge in [0.2, 0.25) is 15.9 Å². The minimum Gasteiger partial charge on any atom is -0.496 e. The van der Waals surface area contributed by atoms with Crippen molar-refractivity contribution >= 4 is 33.2 Å². The van der Waals surface area contributed by atoms with Crippen molar-refractivity contribution in [3.63, 3.8) is 0 Å². The van der Waals surface area contributed by atoms with E-state index in [9.17, 15) is 26.4 Å². The third kappa shape index (κ3) is 6.56. The lowest BCUT2D eigenvalue weighted by Gasteiger charge is -2.25. The molecular weight excluding hydrogens is 493 g/mol. The molecule has 2 rings (SSSR count). The first-order chi connectivity index (χ1) is 15.6. The number of methoxy groups -OCH3 is 1. The first kappa shape index (κ1) is 27.8.